The third-order valence-corrected chi connectivity index (χ3v) is 6.37. The van der Waals surface area contributed by atoms with Gasteiger partial charge in [-0.1, -0.05) is 57.5 Å². The second-order valence-corrected chi connectivity index (χ2v) is 8.58. The summed E-state index contributed by atoms with van der Waals surface area (Å²) in [6.45, 7) is 1.80. The van der Waals surface area contributed by atoms with Gasteiger partial charge in [0.15, 0.2) is 5.57 Å². The minimum atomic E-state index is -0.745. The molecule has 0 aliphatic carbocycles. The van der Waals surface area contributed by atoms with Gasteiger partial charge in [-0.3, -0.25) is 9.69 Å². The summed E-state index contributed by atoms with van der Waals surface area (Å²) >= 11 is 10.8. The molecule has 2 aromatic carbocycles. The lowest BCUT2D eigenvalue weighted by atomic mass is 10.1. The van der Waals surface area contributed by atoms with E-state index in [2.05, 4.69) is 15.9 Å². The molecule has 1 amide bonds. The van der Waals surface area contributed by atoms with Crippen molar-refractivity contribution in [2.45, 2.75) is 18.6 Å². The average molecular weight is 492 g/mol. The van der Waals surface area contributed by atoms with Crippen LogP contribution in [0, 0.1) is 11.3 Å². The third-order valence-electron chi connectivity index (χ3n) is 4.21. The molecule has 5 nitrogen and oxygen atoms in total. The van der Waals surface area contributed by atoms with Crippen LogP contribution in [-0.2, 0) is 20.7 Å². The summed E-state index contributed by atoms with van der Waals surface area (Å²) < 4.78 is 5.87. The van der Waals surface area contributed by atoms with Gasteiger partial charge < -0.3 is 4.74 Å². The van der Waals surface area contributed by atoms with Crippen molar-refractivity contribution < 1.29 is 14.3 Å². The molecule has 1 aliphatic rings. The van der Waals surface area contributed by atoms with Crippen LogP contribution in [-0.4, -0.2) is 23.7 Å². The lowest BCUT2D eigenvalue weighted by Crippen LogP contribution is -2.30. The van der Waals surface area contributed by atoms with Crippen molar-refractivity contribution in [2.24, 2.45) is 0 Å². The highest BCUT2D eigenvalue weighted by molar-refractivity contribution is 9.10. The fourth-order valence-electron chi connectivity index (χ4n) is 2.86. The molecular weight excluding hydrogens is 476 g/mol. The Hall–Kier alpha value is -2.27. The van der Waals surface area contributed by atoms with Crippen LogP contribution in [0.5, 0.6) is 0 Å². The van der Waals surface area contributed by atoms with E-state index < -0.39 is 11.2 Å². The van der Waals surface area contributed by atoms with Gasteiger partial charge in [-0.05, 0) is 49.2 Å². The highest BCUT2D eigenvalue weighted by Crippen LogP contribution is 2.42. The number of rotatable bonds is 5. The van der Waals surface area contributed by atoms with Crippen LogP contribution >= 0.6 is 39.3 Å². The van der Waals surface area contributed by atoms with Gasteiger partial charge in [0.2, 0.25) is 5.91 Å². The number of carbonyl (C=O) groups is 2. The monoisotopic (exact) mass is 490 g/mol. The Balaban J connectivity index is 2.05. The maximum atomic E-state index is 13.3. The molecule has 0 N–H and O–H groups in total. The molecule has 0 bridgehead atoms. The largest absolute Gasteiger partial charge is 0.462 e. The van der Waals surface area contributed by atoms with E-state index in [1.807, 2.05) is 24.3 Å². The Kier molecular flexibility index (Phi) is 7.01. The molecule has 0 spiro atoms. The molecule has 148 valence electrons. The van der Waals surface area contributed by atoms with Gasteiger partial charge >= 0.3 is 5.97 Å². The molecule has 0 radical (unpaired) electrons. The van der Waals surface area contributed by atoms with Crippen molar-refractivity contribution in [2.75, 3.05) is 11.5 Å². The predicted molar refractivity (Wildman–Crippen MR) is 117 cm³/mol. The molecule has 8 heteroatoms. The molecule has 0 saturated carbocycles. The van der Waals surface area contributed by atoms with Gasteiger partial charge in [0, 0.05) is 15.2 Å². The number of nitriles is 1. The Morgan fingerprint density at radius 3 is 2.59 bits per heavy atom. The molecule has 1 unspecified atom stereocenters. The second-order valence-electron chi connectivity index (χ2n) is 6.06. The molecule has 0 aromatic heterocycles. The number of anilines is 1. The van der Waals surface area contributed by atoms with E-state index in [9.17, 15) is 14.9 Å². The molecule has 1 aliphatic heterocycles. The molecule has 1 heterocycles. The van der Waals surface area contributed by atoms with Gasteiger partial charge in [-0.25, -0.2) is 4.79 Å². The van der Waals surface area contributed by atoms with Crippen LogP contribution in [0.4, 0.5) is 5.69 Å². The van der Waals surface area contributed by atoms with E-state index in [1.54, 1.807) is 37.3 Å². The Morgan fingerprint density at radius 1 is 1.28 bits per heavy atom. The minimum Gasteiger partial charge on any atom is -0.462 e. The van der Waals surface area contributed by atoms with Crippen molar-refractivity contribution in [3.8, 4) is 6.07 Å². The summed E-state index contributed by atoms with van der Waals surface area (Å²) in [6, 6.07) is 16.3. The quantitative estimate of drug-likeness (QED) is 0.331. The second kappa shape index (κ2) is 9.49. The van der Waals surface area contributed by atoms with E-state index in [4.69, 9.17) is 16.3 Å². The zero-order valence-electron chi connectivity index (χ0n) is 15.4. The fourth-order valence-corrected chi connectivity index (χ4v) is 4.63. The summed E-state index contributed by atoms with van der Waals surface area (Å²) in [6.07, 6.45) is 0.376. The first-order valence-corrected chi connectivity index (χ1v) is 10.8. The van der Waals surface area contributed by atoms with Gasteiger partial charge in [-0.15, -0.1) is 0 Å². The Labute approximate surface area is 186 Å². The van der Waals surface area contributed by atoms with E-state index in [0.717, 1.165) is 10.0 Å². The number of benzene rings is 2. The summed E-state index contributed by atoms with van der Waals surface area (Å²) in [5.74, 6) is -0.963. The van der Waals surface area contributed by atoms with Crippen molar-refractivity contribution in [3.05, 3.63) is 74.2 Å². The molecule has 1 atom stereocenters. The predicted octanol–water partition coefficient (Wildman–Crippen LogP) is 5.09. The van der Waals surface area contributed by atoms with Crippen LogP contribution in [0.3, 0.4) is 0 Å². The first-order chi connectivity index (χ1) is 14.0. The molecule has 3 rings (SSSR count). The van der Waals surface area contributed by atoms with Crippen LogP contribution in [0.2, 0.25) is 5.02 Å². The van der Waals surface area contributed by atoms with Crippen molar-refractivity contribution in [1.29, 1.82) is 5.26 Å². The zero-order chi connectivity index (χ0) is 21.0. The standard InChI is InChI=1S/C21H16BrClN2O3S/c1-2-28-21(27)16(12-24)20-25(15-9-7-14(22)8-10-15)19(26)18(29-20)11-13-5-3-4-6-17(13)23/h3-10,18H,2,11H2,1H3/b20-16-. The number of ether oxygens (including phenoxy) is 1. The van der Waals surface area contributed by atoms with Crippen LogP contribution < -0.4 is 4.90 Å². The normalized spacial score (nSPS) is 17.8. The van der Waals surface area contributed by atoms with Gasteiger partial charge in [0.05, 0.1) is 11.9 Å². The van der Waals surface area contributed by atoms with Gasteiger partial charge in [0.1, 0.15) is 11.1 Å². The van der Waals surface area contributed by atoms with Crippen LogP contribution in [0.15, 0.2) is 63.6 Å². The van der Waals surface area contributed by atoms with Crippen molar-refractivity contribution in [3.63, 3.8) is 0 Å². The summed E-state index contributed by atoms with van der Waals surface area (Å²) in [5, 5.41) is 9.93. The summed E-state index contributed by atoms with van der Waals surface area (Å²) in [7, 11) is 0. The molecule has 2 aromatic rings. The van der Waals surface area contributed by atoms with E-state index in [0.29, 0.717) is 17.1 Å². The Bertz CT molecular complexity index is 1020. The summed E-state index contributed by atoms with van der Waals surface area (Å²) in [4.78, 5) is 27.0. The number of nitrogens with zero attached hydrogens (tertiary/aromatic N) is 2. The number of carbonyl (C=O) groups excluding carboxylic acids is 2. The topological polar surface area (TPSA) is 70.4 Å². The third kappa shape index (κ3) is 4.67. The maximum absolute atomic E-state index is 13.3. The zero-order valence-corrected chi connectivity index (χ0v) is 18.6. The fraction of sp³-hybridized carbons (Fsp3) is 0.190. The first-order valence-electron chi connectivity index (χ1n) is 8.77. The number of halogens is 2. The lowest BCUT2D eigenvalue weighted by Gasteiger charge is -2.18. The highest BCUT2D eigenvalue weighted by atomic mass is 79.9. The average Bonchev–Trinajstić information content (AvgIpc) is 3.01. The molecule has 29 heavy (non-hydrogen) atoms. The van der Waals surface area contributed by atoms with Crippen LogP contribution in [0.1, 0.15) is 12.5 Å². The van der Waals surface area contributed by atoms with E-state index >= 15 is 0 Å². The van der Waals surface area contributed by atoms with Gasteiger partial charge in [-0.2, -0.15) is 5.26 Å². The molecule has 1 saturated heterocycles. The number of amides is 1. The van der Waals surface area contributed by atoms with Crippen LogP contribution in [0.25, 0.3) is 0 Å². The molecular formula is C21H16BrClN2O3S. The van der Waals surface area contributed by atoms with E-state index in [-0.39, 0.29) is 23.1 Å². The maximum Gasteiger partial charge on any atom is 0.351 e. The smallest absolute Gasteiger partial charge is 0.351 e. The number of thioether (sulfide) groups is 1. The number of hydrogen-bond acceptors (Lipinski definition) is 5. The minimum absolute atomic E-state index is 0.136. The number of hydrogen-bond donors (Lipinski definition) is 0. The Morgan fingerprint density at radius 2 is 1.97 bits per heavy atom. The molecule has 1 fully saturated rings. The van der Waals surface area contributed by atoms with Crippen molar-refractivity contribution in [1.82, 2.24) is 0 Å². The van der Waals surface area contributed by atoms with Gasteiger partial charge in [0.25, 0.3) is 0 Å². The van der Waals surface area contributed by atoms with Crippen molar-refractivity contribution >= 4 is 56.9 Å². The lowest BCUT2D eigenvalue weighted by molar-refractivity contribution is -0.138. The summed E-state index contributed by atoms with van der Waals surface area (Å²) in [5.41, 5.74) is 1.21. The highest BCUT2D eigenvalue weighted by Gasteiger charge is 2.41. The SMILES string of the molecule is CCOC(=O)/C(C#N)=C1\SC(Cc2ccccc2Cl)C(=O)N1c1ccc(Br)cc1. The van der Waals surface area contributed by atoms with E-state index in [1.165, 1.54) is 16.7 Å². The number of esters is 1. The first kappa shape index (κ1) is 21.4.